The molecule has 1 aromatic rings. The van der Waals surface area contributed by atoms with Gasteiger partial charge in [0.15, 0.2) is 5.03 Å². The first-order valence-electron chi connectivity index (χ1n) is 9.87. The summed E-state index contributed by atoms with van der Waals surface area (Å²) in [7, 11) is -4.13. The molecule has 1 aromatic heterocycles. The molecule has 2 atom stereocenters. The lowest BCUT2D eigenvalue weighted by Gasteiger charge is -2.37. The van der Waals surface area contributed by atoms with Crippen molar-refractivity contribution in [1.82, 2.24) is 4.98 Å². The minimum absolute atomic E-state index is 0.0323. The summed E-state index contributed by atoms with van der Waals surface area (Å²) < 4.78 is 77.8. The van der Waals surface area contributed by atoms with Crippen LogP contribution in [0.4, 0.5) is 23.2 Å². The van der Waals surface area contributed by atoms with Gasteiger partial charge in [0.1, 0.15) is 5.78 Å². The van der Waals surface area contributed by atoms with Crippen LogP contribution in [0.15, 0.2) is 23.4 Å². The van der Waals surface area contributed by atoms with E-state index in [1.807, 2.05) is 0 Å². The molecule has 0 radical (unpaired) electrons. The maximum absolute atomic E-state index is 14.1. The van der Waals surface area contributed by atoms with E-state index in [-0.39, 0.29) is 24.9 Å². The van der Waals surface area contributed by atoms with Crippen LogP contribution >= 0.6 is 0 Å². The van der Waals surface area contributed by atoms with Crippen molar-refractivity contribution in [2.75, 3.05) is 5.32 Å². The quantitative estimate of drug-likeness (QED) is 0.648. The standard InChI is InChI=1S/C19H23F4N3O4S/c20-18(21)5-1-11(2-6-18)16(27)14-10-19(22,23)7-3-13(14)17(28)26-12-4-8-25-15(9-12)31(24,29)30/h4,8-9,11,13-14H,1-3,5-7,10H2,(H2,24,29,30)(H,25,26,28). The van der Waals surface area contributed by atoms with E-state index in [0.717, 1.165) is 12.3 Å². The molecule has 7 nitrogen and oxygen atoms in total. The third-order valence-electron chi connectivity index (χ3n) is 5.94. The van der Waals surface area contributed by atoms with E-state index in [1.165, 1.54) is 6.07 Å². The van der Waals surface area contributed by atoms with Crippen molar-refractivity contribution in [3.63, 3.8) is 0 Å². The Bertz CT molecular complexity index is 961. The van der Waals surface area contributed by atoms with Gasteiger partial charge in [-0.2, -0.15) is 0 Å². The molecule has 0 aromatic carbocycles. The number of pyridine rings is 1. The summed E-state index contributed by atoms with van der Waals surface area (Å²) in [6.45, 7) is 0. The van der Waals surface area contributed by atoms with Crippen LogP contribution in [-0.4, -0.2) is 36.9 Å². The van der Waals surface area contributed by atoms with Crippen LogP contribution in [0.2, 0.25) is 0 Å². The van der Waals surface area contributed by atoms with Gasteiger partial charge in [-0.15, -0.1) is 0 Å². The van der Waals surface area contributed by atoms with Crippen molar-refractivity contribution in [2.24, 2.45) is 22.9 Å². The molecule has 0 spiro atoms. The lowest BCUT2D eigenvalue weighted by atomic mass is 9.69. The SMILES string of the molecule is NS(=O)(=O)c1cc(NC(=O)C2CCC(F)(F)CC2C(=O)C2CCC(F)(F)CC2)ccn1. The second-order valence-electron chi connectivity index (χ2n) is 8.26. The molecular formula is C19H23F4N3O4S. The average Bonchev–Trinajstić information content (AvgIpc) is 2.66. The molecular weight excluding hydrogens is 442 g/mol. The second-order valence-corrected chi connectivity index (χ2v) is 9.77. The molecule has 3 rings (SSSR count). The first-order chi connectivity index (χ1) is 14.3. The zero-order valence-electron chi connectivity index (χ0n) is 16.5. The predicted octanol–water partition coefficient (Wildman–Crippen LogP) is 3.11. The van der Waals surface area contributed by atoms with Gasteiger partial charge in [0.05, 0.1) is 0 Å². The Balaban J connectivity index is 1.78. The fraction of sp³-hybridized carbons (Fsp3) is 0.632. The average molecular weight is 465 g/mol. The van der Waals surface area contributed by atoms with Crippen LogP contribution in [0.25, 0.3) is 0 Å². The van der Waals surface area contributed by atoms with Gasteiger partial charge in [0.2, 0.25) is 17.8 Å². The summed E-state index contributed by atoms with van der Waals surface area (Å²) in [6, 6.07) is 2.31. The summed E-state index contributed by atoms with van der Waals surface area (Å²) in [4.78, 5) is 29.3. The molecule has 0 aliphatic heterocycles. The van der Waals surface area contributed by atoms with Gasteiger partial charge in [-0.3, -0.25) is 9.59 Å². The van der Waals surface area contributed by atoms with Crippen molar-refractivity contribution in [3.05, 3.63) is 18.3 Å². The van der Waals surface area contributed by atoms with Crippen LogP contribution in [-0.2, 0) is 19.6 Å². The highest BCUT2D eigenvalue weighted by Gasteiger charge is 2.49. The fourth-order valence-electron chi connectivity index (χ4n) is 4.25. The number of ketones is 1. The van der Waals surface area contributed by atoms with Crippen molar-refractivity contribution in [2.45, 2.75) is 61.8 Å². The molecule has 1 heterocycles. The molecule has 3 N–H and O–H groups in total. The number of carbonyl (C=O) groups excluding carboxylic acids is 2. The Kier molecular flexibility index (Phi) is 6.43. The third kappa shape index (κ3) is 5.79. The van der Waals surface area contributed by atoms with E-state index < -0.39 is 82.0 Å². The summed E-state index contributed by atoms with van der Waals surface area (Å²) in [6.07, 6.45) is -1.76. The highest BCUT2D eigenvalue weighted by atomic mass is 32.2. The number of anilines is 1. The molecule has 172 valence electrons. The number of nitrogens with zero attached hydrogens (tertiary/aromatic N) is 1. The Morgan fingerprint density at radius 1 is 1.03 bits per heavy atom. The second kappa shape index (κ2) is 8.45. The normalized spacial score (nSPS) is 26.2. The number of Topliss-reactive ketones (excluding diaryl/α,β-unsaturated/α-hetero) is 1. The van der Waals surface area contributed by atoms with Crippen molar-refractivity contribution in [3.8, 4) is 0 Å². The number of hydrogen-bond acceptors (Lipinski definition) is 5. The van der Waals surface area contributed by atoms with Gasteiger partial charge in [0, 0.05) is 61.4 Å². The summed E-state index contributed by atoms with van der Waals surface area (Å²) in [5.41, 5.74) is 0.0323. The lowest BCUT2D eigenvalue weighted by molar-refractivity contribution is -0.147. The summed E-state index contributed by atoms with van der Waals surface area (Å²) >= 11 is 0. The van der Waals surface area contributed by atoms with E-state index in [2.05, 4.69) is 10.3 Å². The van der Waals surface area contributed by atoms with E-state index in [9.17, 15) is 35.6 Å². The number of nitrogens with two attached hydrogens (primary N) is 1. The van der Waals surface area contributed by atoms with Gasteiger partial charge in [-0.1, -0.05) is 0 Å². The summed E-state index contributed by atoms with van der Waals surface area (Å²) in [5.74, 6) is -10.5. The van der Waals surface area contributed by atoms with Gasteiger partial charge >= 0.3 is 0 Å². The van der Waals surface area contributed by atoms with Crippen molar-refractivity contribution < 1.29 is 35.6 Å². The molecule has 2 unspecified atom stereocenters. The van der Waals surface area contributed by atoms with E-state index in [0.29, 0.717) is 0 Å². The topological polar surface area (TPSA) is 119 Å². The van der Waals surface area contributed by atoms with Gasteiger partial charge in [-0.05, 0) is 25.3 Å². The number of aromatic nitrogens is 1. The number of primary sulfonamides is 1. The minimum atomic E-state index is -4.13. The smallest absolute Gasteiger partial charge is 0.255 e. The highest BCUT2D eigenvalue weighted by Crippen LogP contribution is 2.45. The van der Waals surface area contributed by atoms with Crippen molar-refractivity contribution in [1.29, 1.82) is 0 Å². The van der Waals surface area contributed by atoms with Crippen LogP contribution in [0.1, 0.15) is 44.9 Å². The van der Waals surface area contributed by atoms with Crippen molar-refractivity contribution >= 4 is 27.4 Å². The number of amides is 1. The molecule has 31 heavy (non-hydrogen) atoms. The Morgan fingerprint density at radius 3 is 2.26 bits per heavy atom. The molecule has 12 heteroatoms. The molecule has 0 saturated heterocycles. The molecule has 2 fully saturated rings. The Morgan fingerprint density at radius 2 is 1.65 bits per heavy atom. The van der Waals surface area contributed by atoms with Crippen LogP contribution in [0.3, 0.4) is 0 Å². The van der Waals surface area contributed by atoms with Gasteiger partial charge in [0.25, 0.3) is 10.0 Å². The van der Waals surface area contributed by atoms with E-state index in [1.54, 1.807) is 0 Å². The fourth-order valence-corrected chi connectivity index (χ4v) is 4.75. The first-order valence-corrected chi connectivity index (χ1v) is 11.4. The zero-order chi connectivity index (χ0) is 23.0. The Hall–Kier alpha value is -2.08. The van der Waals surface area contributed by atoms with Gasteiger partial charge in [-0.25, -0.2) is 36.1 Å². The number of alkyl halides is 4. The van der Waals surface area contributed by atoms with E-state index >= 15 is 0 Å². The number of sulfonamides is 1. The van der Waals surface area contributed by atoms with Gasteiger partial charge < -0.3 is 5.32 Å². The predicted molar refractivity (Wildman–Crippen MR) is 102 cm³/mol. The zero-order valence-corrected chi connectivity index (χ0v) is 17.3. The van der Waals surface area contributed by atoms with E-state index in [4.69, 9.17) is 5.14 Å². The monoisotopic (exact) mass is 465 g/mol. The van der Waals surface area contributed by atoms with Crippen LogP contribution < -0.4 is 10.5 Å². The highest BCUT2D eigenvalue weighted by molar-refractivity contribution is 7.89. The molecule has 2 saturated carbocycles. The minimum Gasteiger partial charge on any atom is -0.326 e. The third-order valence-corrected chi connectivity index (χ3v) is 6.75. The molecule has 2 aliphatic carbocycles. The van der Waals surface area contributed by atoms with Crippen LogP contribution in [0, 0.1) is 17.8 Å². The first kappa shape index (κ1) is 23.6. The maximum Gasteiger partial charge on any atom is 0.255 e. The molecule has 2 aliphatic rings. The van der Waals surface area contributed by atoms with Crippen LogP contribution in [0.5, 0.6) is 0 Å². The molecule has 0 bridgehead atoms. The number of rotatable bonds is 5. The molecule has 1 amide bonds. The lowest BCUT2D eigenvalue weighted by Crippen LogP contribution is -2.45. The number of halogens is 4. The largest absolute Gasteiger partial charge is 0.326 e. The Labute approximate surface area is 176 Å². The maximum atomic E-state index is 14.1. The number of carbonyl (C=O) groups is 2. The number of nitrogens with one attached hydrogen (secondary N) is 1. The number of hydrogen-bond donors (Lipinski definition) is 2. The summed E-state index contributed by atoms with van der Waals surface area (Å²) in [5, 5.41) is 6.95.